The number of hydrogen-bond donors (Lipinski definition) is 1. The molecule has 1 amide bonds. The normalized spacial score (nSPS) is 16.2. The van der Waals surface area contributed by atoms with Crippen LogP contribution in [0.1, 0.15) is 38.2 Å². The van der Waals surface area contributed by atoms with Crippen LogP contribution in [0.3, 0.4) is 0 Å². The number of hydrogen-bond acceptors (Lipinski definition) is 6. The Morgan fingerprint density at radius 3 is 2.62 bits per heavy atom. The van der Waals surface area contributed by atoms with Crippen molar-refractivity contribution in [1.82, 2.24) is 15.1 Å². The van der Waals surface area contributed by atoms with Crippen LogP contribution < -0.4 is 10.2 Å². The highest BCUT2D eigenvalue weighted by Crippen LogP contribution is 2.35. The summed E-state index contributed by atoms with van der Waals surface area (Å²) in [7, 11) is 0. The highest BCUT2D eigenvalue weighted by Gasteiger charge is 2.29. The molecule has 34 heavy (non-hydrogen) atoms. The van der Waals surface area contributed by atoms with E-state index in [1.54, 1.807) is 12.1 Å². The van der Waals surface area contributed by atoms with Gasteiger partial charge >= 0.3 is 0 Å². The van der Waals surface area contributed by atoms with Crippen molar-refractivity contribution >= 4 is 28.5 Å². The van der Waals surface area contributed by atoms with Gasteiger partial charge < -0.3 is 14.7 Å². The van der Waals surface area contributed by atoms with E-state index in [9.17, 15) is 9.18 Å². The third-order valence-corrected chi connectivity index (χ3v) is 6.31. The Hall–Kier alpha value is -3.81. The zero-order valence-electron chi connectivity index (χ0n) is 19.2. The Morgan fingerprint density at radius 2 is 1.88 bits per heavy atom. The third kappa shape index (κ3) is 4.35. The Labute approximate surface area is 197 Å². The van der Waals surface area contributed by atoms with Crippen molar-refractivity contribution in [2.45, 2.75) is 32.6 Å². The molecule has 1 N–H and O–H groups in total. The molecule has 174 valence electrons. The van der Waals surface area contributed by atoms with Crippen LogP contribution in [0, 0.1) is 11.7 Å². The third-order valence-electron chi connectivity index (χ3n) is 6.31. The molecule has 3 heterocycles. The largest absolute Gasteiger partial charge is 0.355 e. The predicted octanol–water partition coefficient (Wildman–Crippen LogP) is 5.40. The van der Waals surface area contributed by atoms with Crippen molar-refractivity contribution < 1.29 is 13.7 Å². The summed E-state index contributed by atoms with van der Waals surface area (Å²) in [5, 5.41) is 7.90. The first kappa shape index (κ1) is 22.0. The van der Waals surface area contributed by atoms with Gasteiger partial charge in [-0.3, -0.25) is 4.79 Å². The number of rotatable bonds is 5. The van der Waals surface area contributed by atoms with Crippen molar-refractivity contribution in [2.24, 2.45) is 5.92 Å². The number of benzene rings is 2. The van der Waals surface area contributed by atoms with Gasteiger partial charge in [-0.25, -0.2) is 9.37 Å². The summed E-state index contributed by atoms with van der Waals surface area (Å²) in [5.74, 6) is 0.605. The molecule has 0 saturated carbocycles. The number of amides is 1. The minimum absolute atomic E-state index is 0.00336. The summed E-state index contributed by atoms with van der Waals surface area (Å²) in [6.07, 6.45) is 3.10. The summed E-state index contributed by atoms with van der Waals surface area (Å²) in [4.78, 5) is 23.9. The van der Waals surface area contributed by atoms with Crippen LogP contribution in [0.25, 0.3) is 22.4 Å². The fourth-order valence-corrected chi connectivity index (χ4v) is 4.40. The maximum atomic E-state index is 13.4. The maximum absolute atomic E-state index is 13.4. The average molecular weight is 460 g/mol. The Kier molecular flexibility index (Phi) is 5.96. The quantitative estimate of drug-likeness (QED) is 0.430. The van der Waals surface area contributed by atoms with E-state index in [0.29, 0.717) is 40.6 Å². The zero-order valence-corrected chi connectivity index (χ0v) is 19.2. The van der Waals surface area contributed by atoms with Crippen molar-refractivity contribution in [1.29, 1.82) is 0 Å². The second-order valence-corrected chi connectivity index (χ2v) is 8.97. The van der Waals surface area contributed by atoms with Crippen LogP contribution >= 0.6 is 0 Å². The fourth-order valence-electron chi connectivity index (χ4n) is 4.40. The van der Waals surface area contributed by atoms with E-state index in [-0.39, 0.29) is 17.6 Å². The summed E-state index contributed by atoms with van der Waals surface area (Å²) >= 11 is 0. The lowest BCUT2D eigenvalue weighted by Gasteiger charge is -2.33. The molecule has 0 radical (unpaired) electrons. The monoisotopic (exact) mass is 459 g/mol. The standard InChI is InChI=1S/C26H26FN5O2/c1-16(2)17-7-11-21(12-8-17)30-25(33)19-4-3-13-32(14-19)24-22-23(18-5-9-20(27)10-6-18)31-34-26(22)29-15-28-24/h5-12,15-16,19H,3-4,13-14H2,1-2H3,(H,30,33). The summed E-state index contributed by atoms with van der Waals surface area (Å²) in [6, 6.07) is 14.1. The van der Waals surface area contributed by atoms with Crippen LogP contribution in [-0.2, 0) is 4.79 Å². The molecule has 7 nitrogen and oxygen atoms in total. The second kappa shape index (κ2) is 9.21. The van der Waals surface area contributed by atoms with Gasteiger partial charge in [0.15, 0.2) is 0 Å². The van der Waals surface area contributed by atoms with Gasteiger partial charge in [0.25, 0.3) is 5.71 Å². The van der Waals surface area contributed by atoms with E-state index < -0.39 is 0 Å². The van der Waals surface area contributed by atoms with Gasteiger partial charge in [-0.15, -0.1) is 0 Å². The molecule has 4 aromatic rings. The smallest absolute Gasteiger partial charge is 0.263 e. The SMILES string of the molecule is CC(C)c1ccc(NC(=O)C2CCCN(c3ncnc4onc(-c5ccc(F)cc5)c34)C2)cc1. The number of aromatic nitrogens is 3. The lowest BCUT2D eigenvalue weighted by Crippen LogP contribution is -2.41. The zero-order chi connectivity index (χ0) is 23.7. The van der Waals surface area contributed by atoms with E-state index in [1.807, 2.05) is 24.3 Å². The van der Waals surface area contributed by atoms with E-state index in [0.717, 1.165) is 25.1 Å². The molecular formula is C26H26FN5O2. The molecule has 8 heteroatoms. The Morgan fingerprint density at radius 1 is 1.12 bits per heavy atom. The van der Waals surface area contributed by atoms with Gasteiger partial charge in [-0.2, -0.15) is 4.98 Å². The molecular weight excluding hydrogens is 433 g/mol. The molecule has 1 fully saturated rings. The van der Waals surface area contributed by atoms with Crippen LogP contribution in [0.5, 0.6) is 0 Å². The molecule has 0 bridgehead atoms. The molecule has 1 unspecified atom stereocenters. The average Bonchev–Trinajstić information content (AvgIpc) is 3.29. The Bertz CT molecular complexity index is 1300. The number of anilines is 2. The lowest BCUT2D eigenvalue weighted by atomic mass is 9.96. The molecule has 5 rings (SSSR count). The van der Waals surface area contributed by atoms with Crippen molar-refractivity contribution in [3.63, 3.8) is 0 Å². The number of nitrogens with zero attached hydrogens (tertiary/aromatic N) is 4. The summed E-state index contributed by atoms with van der Waals surface area (Å²) < 4.78 is 18.9. The van der Waals surface area contributed by atoms with Gasteiger partial charge in [0.2, 0.25) is 5.91 Å². The van der Waals surface area contributed by atoms with E-state index >= 15 is 0 Å². The minimum atomic E-state index is -0.322. The van der Waals surface area contributed by atoms with Crippen LogP contribution in [0.2, 0.25) is 0 Å². The topological polar surface area (TPSA) is 84.2 Å². The first-order valence-corrected chi connectivity index (χ1v) is 11.5. The minimum Gasteiger partial charge on any atom is -0.355 e. The number of halogens is 1. The van der Waals surface area contributed by atoms with Crippen LogP contribution in [-0.4, -0.2) is 34.1 Å². The molecule has 1 aliphatic rings. The van der Waals surface area contributed by atoms with Gasteiger partial charge in [0.1, 0.15) is 29.0 Å². The first-order chi connectivity index (χ1) is 16.5. The number of carbonyl (C=O) groups is 1. The van der Waals surface area contributed by atoms with Crippen molar-refractivity contribution in [3.8, 4) is 11.3 Å². The van der Waals surface area contributed by atoms with E-state index in [2.05, 4.69) is 39.2 Å². The van der Waals surface area contributed by atoms with E-state index in [1.165, 1.54) is 24.0 Å². The van der Waals surface area contributed by atoms with Gasteiger partial charge in [0, 0.05) is 24.3 Å². The Balaban J connectivity index is 1.38. The molecule has 2 aromatic carbocycles. The predicted molar refractivity (Wildman–Crippen MR) is 129 cm³/mol. The number of carbonyl (C=O) groups excluding carboxylic acids is 1. The molecule has 2 aromatic heterocycles. The molecule has 0 spiro atoms. The first-order valence-electron chi connectivity index (χ1n) is 11.5. The fraction of sp³-hybridized carbons (Fsp3) is 0.308. The number of piperidine rings is 1. The molecule has 0 aliphatic carbocycles. The molecule has 1 aliphatic heterocycles. The highest BCUT2D eigenvalue weighted by atomic mass is 19.1. The summed E-state index contributed by atoms with van der Waals surface area (Å²) in [6.45, 7) is 5.57. The lowest BCUT2D eigenvalue weighted by molar-refractivity contribution is -0.120. The van der Waals surface area contributed by atoms with Gasteiger partial charge in [0.05, 0.1) is 5.92 Å². The molecule has 1 atom stereocenters. The van der Waals surface area contributed by atoms with Gasteiger partial charge in [-0.1, -0.05) is 31.1 Å². The van der Waals surface area contributed by atoms with Crippen LogP contribution in [0.4, 0.5) is 15.9 Å². The second-order valence-electron chi connectivity index (χ2n) is 8.97. The molecule has 1 saturated heterocycles. The van der Waals surface area contributed by atoms with Crippen molar-refractivity contribution in [3.05, 3.63) is 66.2 Å². The maximum Gasteiger partial charge on any atom is 0.263 e. The van der Waals surface area contributed by atoms with Gasteiger partial charge in [-0.05, 0) is 60.7 Å². The number of fused-ring (bicyclic) bond motifs is 1. The highest BCUT2D eigenvalue weighted by molar-refractivity contribution is 5.98. The van der Waals surface area contributed by atoms with Crippen molar-refractivity contribution in [2.75, 3.05) is 23.3 Å². The summed E-state index contributed by atoms with van der Waals surface area (Å²) in [5.41, 5.74) is 3.67. The number of nitrogens with one attached hydrogen (secondary N) is 1. The van der Waals surface area contributed by atoms with Crippen LogP contribution in [0.15, 0.2) is 59.4 Å². The van der Waals surface area contributed by atoms with E-state index in [4.69, 9.17) is 4.52 Å².